The van der Waals surface area contributed by atoms with Crippen molar-refractivity contribution in [2.75, 3.05) is 0 Å². The predicted molar refractivity (Wildman–Crippen MR) is 75.1 cm³/mol. The van der Waals surface area contributed by atoms with Crippen molar-refractivity contribution in [2.45, 2.75) is 76.5 Å². The lowest BCUT2D eigenvalue weighted by Crippen LogP contribution is -2.42. The van der Waals surface area contributed by atoms with Crippen LogP contribution in [0.2, 0.25) is 18.1 Å². The van der Waals surface area contributed by atoms with Crippen LogP contribution < -0.4 is 0 Å². The number of hydrogen-bond donors (Lipinski definition) is 0. The van der Waals surface area contributed by atoms with E-state index >= 15 is 0 Å². The maximum atomic E-state index is 6.20. The third-order valence-electron chi connectivity index (χ3n) is 3.26. The van der Waals surface area contributed by atoms with Crippen LogP contribution in [0.1, 0.15) is 53.4 Å². The average Bonchev–Trinajstić information content (AvgIpc) is 2.01. The zero-order valence-electron chi connectivity index (χ0n) is 11.2. The molecule has 0 aromatic carbocycles. The van der Waals surface area contributed by atoms with Crippen LogP contribution in [0.25, 0.3) is 0 Å². The molecular formula is C12H27BrOSi. The van der Waals surface area contributed by atoms with Crippen molar-refractivity contribution in [3.8, 4) is 0 Å². The summed E-state index contributed by atoms with van der Waals surface area (Å²) in [4.78, 5) is 0. The Morgan fingerprint density at radius 2 is 1.73 bits per heavy atom. The highest BCUT2D eigenvalue weighted by molar-refractivity contribution is 9.09. The van der Waals surface area contributed by atoms with Gasteiger partial charge in [0.2, 0.25) is 0 Å². The molecule has 0 aromatic heterocycles. The molecule has 3 heteroatoms. The minimum Gasteiger partial charge on any atom is -0.404 e. The van der Waals surface area contributed by atoms with E-state index in [0.29, 0.717) is 5.04 Å². The lowest BCUT2D eigenvalue weighted by atomic mass is 10.2. The van der Waals surface area contributed by atoms with Crippen LogP contribution >= 0.6 is 15.9 Å². The van der Waals surface area contributed by atoms with Gasteiger partial charge in [0, 0.05) is 0 Å². The lowest BCUT2D eigenvalue weighted by Gasteiger charge is -2.37. The first-order chi connectivity index (χ1) is 6.70. The molecule has 0 fully saturated rings. The van der Waals surface area contributed by atoms with Gasteiger partial charge in [0.25, 0.3) is 0 Å². The van der Waals surface area contributed by atoms with Crippen molar-refractivity contribution >= 4 is 24.2 Å². The third kappa shape index (κ3) is 6.08. The summed E-state index contributed by atoms with van der Waals surface area (Å²) in [5.74, 6) is 0. The molecule has 0 aromatic rings. The van der Waals surface area contributed by atoms with Gasteiger partial charge in [-0.25, -0.2) is 0 Å². The largest absolute Gasteiger partial charge is 0.404 e. The first kappa shape index (κ1) is 15.7. The molecule has 0 aliphatic rings. The Hall–Kier alpha value is 0.657. The number of hydrogen-bond acceptors (Lipinski definition) is 1. The highest BCUT2D eigenvalue weighted by Crippen LogP contribution is 2.38. The minimum atomic E-state index is -1.58. The molecule has 0 aliphatic carbocycles. The second-order valence-electron chi connectivity index (χ2n) is 5.78. The van der Waals surface area contributed by atoms with E-state index in [1.54, 1.807) is 0 Å². The summed E-state index contributed by atoms with van der Waals surface area (Å²) < 4.78 is 6.20. The topological polar surface area (TPSA) is 9.23 Å². The summed E-state index contributed by atoms with van der Waals surface area (Å²) in [6.45, 7) is 13.7. The fourth-order valence-electron chi connectivity index (χ4n) is 1.11. The van der Waals surface area contributed by atoms with Gasteiger partial charge in [0.05, 0.1) is 0 Å². The molecule has 0 bridgehead atoms. The molecule has 0 aliphatic heterocycles. The van der Waals surface area contributed by atoms with Gasteiger partial charge < -0.3 is 4.43 Å². The number of rotatable bonds is 6. The van der Waals surface area contributed by atoms with Crippen LogP contribution in [0.5, 0.6) is 0 Å². The first-order valence-corrected chi connectivity index (χ1v) is 9.85. The molecule has 0 saturated carbocycles. The van der Waals surface area contributed by atoms with Gasteiger partial charge in [-0.2, -0.15) is 0 Å². The van der Waals surface area contributed by atoms with Crippen LogP contribution in [0, 0.1) is 0 Å². The van der Waals surface area contributed by atoms with Gasteiger partial charge in [-0.15, -0.1) is 0 Å². The van der Waals surface area contributed by atoms with E-state index < -0.39 is 8.32 Å². The molecule has 15 heavy (non-hydrogen) atoms. The fourth-order valence-corrected chi connectivity index (χ4v) is 3.95. The summed E-state index contributed by atoms with van der Waals surface area (Å²) in [5.41, 5.74) is 0. The van der Waals surface area contributed by atoms with Crippen LogP contribution in [0.15, 0.2) is 0 Å². The molecule has 1 unspecified atom stereocenters. The van der Waals surface area contributed by atoms with Crippen LogP contribution in [0.3, 0.4) is 0 Å². The van der Waals surface area contributed by atoms with E-state index in [2.05, 4.69) is 56.7 Å². The molecule has 1 atom stereocenters. The zero-order valence-corrected chi connectivity index (χ0v) is 13.8. The fraction of sp³-hybridized carbons (Fsp3) is 1.00. The molecule has 0 spiro atoms. The molecular weight excluding hydrogens is 268 g/mol. The van der Waals surface area contributed by atoms with E-state index in [1.165, 1.54) is 19.3 Å². The standard InChI is InChI=1S/C12H27BrOSi/c1-7-8-9-10-11(13)14-15(5,6)12(2,3)4/h11H,7-10H2,1-6H3. The van der Waals surface area contributed by atoms with Crippen LogP contribution in [-0.2, 0) is 4.43 Å². The van der Waals surface area contributed by atoms with Gasteiger partial charge in [-0.3, -0.25) is 0 Å². The maximum absolute atomic E-state index is 6.20. The smallest absolute Gasteiger partial charge is 0.193 e. The van der Waals surface area contributed by atoms with Crippen molar-refractivity contribution in [3.05, 3.63) is 0 Å². The van der Waals surface area contributed by atoms with Crippen molar-refractivity contribution < 1.29 is 4.43 Å². The summed E-state index contributed by atoms with van der Waals surface area (Å²) in [7, 11) is -1.58. The Kier molecular flexibility index (Phi) is 6.69. The summed E-state index contributed by atoms with van der Waals surface area (Å²) in [6, 6.07) is 0. The number of alkyl halides is 1. The molecule has 0 amide bonds. The molecule has 0 radical (unpaired) electrons. The van der Waals surface area contributed by atoms with E-state index in [9.17, 15) is 0 Å². The summed E-state index contributed by atoms with van der Waals surface area (Å²) in [5, 5.41) is 0.564. The number of unbranched alkanes of at least 4 members (excludes halogenated alkanes) is 2. The van der Waals surface area contributed by atoms with Crippen LogP contribution in [-0.4, -0.2) is 13.3 Å². The lowest BCUT2D eigenvalue weighted by molar-refractivity contribution is 0.252. The van der Waals surface area contributed by atoms with Crippen molar-refractivity contribution in [2.24, 2.45) is 0 Å². The Balaban J connectivity index is 3.99. The van der Waals surface area contributed by atoms with Gasteiger partial charge in [0.15, 0.2) is 8.32 Å². The van der Waals surface area contributed by atoms with E-state index in [4.69, 9.17) is 4.43 Å². The average molecular weight is 295 g/mol. The third-order valence-corrected chi connectivity index (χ3v) is 8.74. The predicted octanol–water partition coefficient (Wildman–Crippen LogP) is 5.31. The van der Waals surface area contributed by atoms with Gasteiger partial charge >= 0.3 is 0 Å². The van der Waals surface area contributed by atoms with Gasteiger partial charge in [-0.05, 0) is 24.6 Å². The molecule has 0 heterocycles. The molecule has 0 rings (SSSR count). The second kappa shape index (κ2) is 6.41. The Morgan fingerprint density at radius 1 is 1.20 bits per heavy atom. The normalized spacial score (nSPS) is 15.4. The minimum absolute atomic E-state index is 0.255. The zero-order chi connectivity index (χ0) is 12.1. The quantitative estimate of drug-likeness (QED) is 0.366. The van der Waals surface area contributed by atoms with Crippen molar-refractivity contribution in [1.29, 1.82) is 0 Å². The molecule has 0 N–H and O–H groups in total. The van der Waals surface area contributed by atoms with Gasteiger partial charge in [-0.1, -0.05) is 62.9 Å². The van der Waals surface area contributed by atoms with Crippen molar-refractivity contribution in [3.63, 3.8) is 0 Å². The second-order valence-corrected chi connectivity index (χ2v) is 11.6. The molecule has 92 valence electrons. The highest BCUT2D eigenvalue weighted by atomic mass is 79.9. The Bertz CT molecular complexity index is 175. The highest BCUT2D eigenvalue weighted by Gasteiger charge is 2.38. The summed E-state index contributed by atoms with van der Waals surface area (Å²) in [6.07, 6.45) is 4.99. The van der Waals surface area contributed by atoms with E-state index in [-0.39, 0.29) is 5.01 Å². The van der Waals surface area contributed by atoms with Gasteiger partial charge in [0.1, 0.15) is 5.01 Å². The van der Waals surface area contributed by atoms with E-state index in [0.717, 1.165) is 6.42 Å². The Morgan fingerprint density at radius 3 is 2.13 bits per heavy atom. The van der Waals surface area contributed by atoms with Crippen LogP contribution in [0.4, 0.5) is 0 Å². The maximum Gasteiger partial charge on any atom is 0.193 e. The monoisotopic (exact) mass is 294 g/mol. The van der Waals surface area contributed by atoms with E-state index in [1.807, 2.05) is 0 Å². The molecule has 0 saturated heterocycles. The molecule has 1 nitrogen and oxygen atoms in total. The Labute approximate surface area is 105 Å². The number of halogens is 1. The SMILES string of the molecule is CCCCCC(Br)O[Si](C)(C)C(C)(C)C. The first-order valence-electron chi connectivity index (χ1n) is 6.02. The van der Waals surface area contributed by atoms with Crippen molar-refractivity contribution in [1.82, 2.24) is 0 Å². The summed E-state index contributed by atoms with van der Waals surface area (Å²) >= 11 is 3.65.